The molecule has 3 aromatic carbocycles. The molecule has 0 unspecified atom stereocenters. The number of aromatic nitrogens is 4. The predicted molar refractivity (Wildman–Crippen MR) is 257 cm³/mol. The fourth-order valence-corrected chi connectivity index (χ4v) is 11.0. The Hall–Kier alpha value is -5.81. The summed E-state index contributed by atoms with van der Waals surface area (Å²) in [6, 6.07) is 21.0. The van der Waals surface area contributed by atoms with Crippen LogP contribution in [0.2, 0.25) is 5.02 Å². The monoisotopic (exact) mass is 948 g/mol. The van der Waals surface area contributed by atoms with Crippen molar-refractivity contribution in [3.63, 3.8) is 0 Å². The first-order valence-electron chi connectivity index (χ1n) is 23.0. The molecule has 3 aromatic heterocycles. The number of alkyl halides is 1. The number of halogens is 2. The summed E-state index contributed by atoms with van der Waals surface area (Å²) in [6.45, 7) is 9.47. The summed E-state index contributed by atoms with van der Waals surface area (Å²) in [7, 11) is -4.63. The Morgan fingerprint density at radius 1 is 0.940 bits per heavy atom. The fraction of sp³-hybridized carbons (Fsp3) is 0.400. The van der Waals surface area contributed by atoms with Crippen molar-refractivity contribution in [3.8, 4) is 11.4 Å². The molecule has 67 heavy (non-hydrogen) atoms. The summed E-state index contributed by atoms with van der Waals surface area (Å²) in [4.78, 5) is 42.3. The molecular weight excluding hydrogens is 895 g/mol. The highest BCUT2D eigenvalue weighted by Crippen LogP contribution is 2.44. The highest BCUT2D eigenvalue weighted by Gasteiger charge is 2.40. The molecular formula is C50H54ClFN8O6S. The van der Waals surface area contributed by atoms with Gasteiger partial charge in [-0.1, -0.05) is 43.2 Å². The van der Waals surface area contributed by atoms with Gasteiger partial charge in [0.15, 0.2) is 5.65 Å². The number of H-pyrrole nitrogens is 1. The van der Waals surface area contributed by atoms with E-state index in [9.17, 15) is 23.1 Å². The number of carboxylic acid groups (broad SMARTS) is 1. The first-order valence-corrected chi connectivity index (χ1v) is 24.9. The van der Waals surface area contributed by atoms with Crippen molar-refractivity contribution in [2.75, 3.05) is 57.3 Å². The van der Waals surface area contributed by atoms with Gasteiger partial charge in [-0.3, -0.25) is 19.5 Å². The summed E-state index contributed by atoms with van der Waals surface area (Å²) in [6.07, 6.45) is 9.32. The third-order valence-electron chi connectivity index (χ3n) is 14.0. The van der Waals surface area contributed by atoms with Crippen LogP contribution in [-0.4, -0.2) is 119 Å². The molecule has 1 amide bonds. The fourth-order valence-electron chi connectivity index (χ4n) is 9.89. The Balaban J connectivity index is 0.891. The van der Waals surface area contributed by atoms with Crippen LogP contribution in [0.25, 0.3) is 33.3 Å². The molecule has 0 atom stereocenters. The van der Waals surface area contributed by atoms with Crippen molar-refractivity contribution < 1.29 is 32.2 Å². The van der Waals surface area contributed by atoms with Crippen LogP contribution in [0.1, 0.15) is 85.1 Å². The van der Waals surface area contributed by atoms with Gasteiger partial charge in [-0.05, 0) is 122 Å². The molecule has 1 saturated carbocycles. The van der Waals surface area contributed by atoms with Crippen LogP contribution >= 0.6 is 11.6 Å². The van der Waals surface area contributed by atoms with E-state index in [1.54, 1.807) is 23.1 Å². The van der Waals surface area contributed by atoms with Crippen molar-refractivity contribution >= 4 is 66.8 Å². The third kappa shape index (κ3) is 9.54. The number of nitrogens with zero attached hydrogens (tertiary/aromatic N) is 6. The van der Waals surface area contributed by atoms with Gasteiger partial charge in [0.2, 0.25) is 0 Å². The number of aromatic carboxylic acids is 1. The lowest BCUT2D eigenvalue weighted by molar-refractivity contribution is 0.0146. The number of carbonyl (C=O) groups is 2. The predicted octanol–water partition coefficient (Wildman–Crippen LogP) is 8.50. The molecule has 5 heterocycles. The van der Waals surface area contributed by atoms with E-state index in [1.807, 2.05) is 36.4 Å². The lowest BCUT2D eigenvalue weighted by Gasteiger charge is -2.39. The average molecular weight is 950 g/mol. The van der Waals surface area contributed by atoms with Crippen LogP contribution in [0.5, 0.6) is 5.75 Å². The van der Waals surface area contributed by atoms with E-state index < -0.39 is 38.0 Å². The number of carbonyl (C=O) groups excluding carboxylic acids is 1. The minimum Gasteiger partial charge on any atom is -0.489 e. The highest BCUT2D eigenvalue weighted by atomic mass is 35.5. The van der Waals surface area contributed by atoms with Gasteiger partial charge in [0.05, 0.1) is 21.7 Å². The van der Waals surface area contributed by atoms with Crippen LogP contribution in [-0.2, 0) is 10.0 Å². The smallest absolute Gasteiger partial charge is 0.339 e. The summed E-state index contributed by atoms with van der Waals surface area (Å²) in [5.74, 6) is -2.54. The number of carboxylic acids is 1. The van der Waals surface area contributed by atoms with Gasteiger partial charge in [-0.25, -0.2) is 32.3 Å². The number of hydrogen-bond acceptors (Lipinski definition) is 10. The number of rotatable bonds is 13. The zero-order chi connectivity index (χ0) is 46.7. The Morgan fingerprint density at radius 3 is 2.43 bits per heavy atom. The van der Waals surface area contributed by atoms with Crippen LogP contribution in [0.4, 0.5) is 10.1 Å². The van der Waals surface area contributed by atoms with Crippen molar-refractivity contribution in [2.24, 2.45) is 5.41 Å². The minimum absolute atomic E-state index is 0.0433. The number of sulfonamides is 1. The first kappa shape index (κ1) is 45.0. The second-order valence-corrected chi connectivity index (χ2v) is 21.5. The van der Waals surface area contributed by atoms with Crippen LogP contribution in [0.15, 0.2) is 95.7 Å². The van der Waals surface area contributed by atoms with E-state index >= 15 is 4.39 Å². The Bertz CT molecular complexity index is 3020. The number of benzene rings is 3. The Morgan fingerprint density at radius 2 is 1.70 bits per heavy atom. The number of piperidine rings is 1. The number of allylic oxidation sites excluding steroid dienone is 1. The summed E-state index contributed by atoms with van der Waals surface area (Å²) < 4.78 is 53.2. The summed E-state index contributed by atoms with van der Waals surface area (Å²) in [5, 5.41) is 14.8. The lowest BCUT2D eigenvalue weighted by atomic mass is 9.72. The normalized spacial score (nSPS) is 19.3. The van der Waals surface area contributed by atoms with E-state index in [-0.39, 0.29) is 36.2 Å². The van der Waals surface area contributed by atoms with Gasteiger partial charge in [-0.2, -0.15) is 0 Å². The molecule has 14 nitrogen and oxygen atoms in total. The number of ether oxygens (including phenoxy) is 1. The SMILES string of the molecule is CC1(C)CCC(CN2CCN(c3ccc(C(=O)NS(=O)(=O)c4ccc(OCC5(F)CCN(C6CC6)CC5)c(C(=O)O)c4)c(-n4[nH]cc5nc6nccc6cc54)c3)CC2)=C(c2ccc(Cl)cc2)C1. The van der Waals surface area contributed by atoms with Gasteiger partial charge in [0, 0.05) is 80.3 Å². The van der Waals surface area contributed by atoms with Gasteiger partial charge >= 0.3 is 5.97 Å². The molecule has 4 aliphatic rings. The van der Waals surface area contributed by atoms with E-state index in [1.165, 1.54) is 22.8 Å². The molecule has 0 bridgehead atoms. The third-order valence-corrected chi connectivity index (χ3v) is 15.6. The van der Waals surface area contributed by atoms with E-state index in [4.69, 9.17) is 16.3 Å². The van der Waals surface area contributed by atoms with Gasteiger partial charge in [-0.15, -0.1) is 0 Å². The van der Waals surface area contributed by atoms with Crippen LogP contribution in [0.3, 0.4) is 0 Å². The van der Waals surface area contributed by atoms with E-state index in [0.29, 0.717) is 41.5 Å². The average Bonchev–Trinajstić information content (AvgIpc) is 3.92. The van der Waals surface area contributed by atoms with Gasteiger partial charge < -0.3 is 19.6 Å². The number of piperazine rings is 1. The van der Waals surface area contributed by atoms with Crippen molar-refractivity contribution in [1.29, 1.82) is 0 Å². The molecule has 0 spiro atoms. The standard InChI is InChI=1S/C50H54ClFN8O6S/c1-49(2)15-13-34(41(28-49)32-3-5-35(51)6-4-32)30-57-21-23-59(24-22-57)37-9-11-39(43(26-37)60-44-25-33-14-18-53-46(33)55-42(44)29-54-60)47(61)56-67(64,65)38-10-12-45(40(27-38)48(62)63)66-31-50(52)16-19-58(20-17-50)36-7-8-36/h3-6,9-12,14,18,25-27,29,36,54H,7-8,13,15-17,19-24,28,30-31H2,1-2H3,(H,56,61)(H,62,63). The number of anilines is 1. The maximum absolute atomic E-state index is 15.7. The molecule has 350 valence electrons. The summed E-state index contributed by atoms with van der Waals surface area (Å²) >= 11 is 6.26. The maximum atomic E-state index is 15.7. The number of likely N-dealkylation sites (tertiary alicyclic amines) is 1. The Labute approximate surface area is 393 Å². The molecule has 10 rings (SSSR count). The van der Waals surface area contributed by atoms with Gasteiger partial charge in [0.1, 0.15) is 29.1 Å². The van der Waals surface area contributed by atoms with Crippen molar-refractivity contribution in [2.45, 2.75) is 75.4 Å². The maximum Gasteiger partial charge on any atom is 0.339 e. The first-order chi connectivity index (χ1) is 32.1. The largest absolute Gasteiger partial charge is 0.489 e. The number of fused-ring (bicyclic) bond motifs is 2. The van der Waals surface area contributed by atoms with Crippen molar-refractivity contribution in [3.05, 3.63) is 112 Å². The number of nitrogens with one attached hydrogen (secondary N) is 2. The molecule has 6 aromatic rings. The van der Waals surface area contributed by atoms with E-state index in [2.05, 4.69) is 60.5 Å². The molecule has 2 aliphatic carbocycles. The second-order valence-electron chi connectivity index (χ2n) is 19.4. The number of amides is 1. The van der Waals surface area contributed by atoms with E-state index in [0.717, 1.165) is 93.1 Å². The van der Waals surface area contributed by atoms with Crippen LogP contribution in [0, 0.1) is 5.41 Å². The summed E-state index contributed by atoms with van der Waals surface area (Å²) in [5.41, 5.74) is 5.28. The van der Waals surface area contributed by atoms with Crippen molar-refractivity contribution in [1.82, 2.24) is 34.3 Å². The quantitative estimate of drug-likeness (QED) is 0.102. The molecule has 3 fully saturated rings. The number of hydrogen-bond donors (Lipinski definition) is 3. The molecule has 0 radical (unpaired) electrons. The zero-order valence-electron chi connectivity index (χ0n) is 37.6. The van der Waals surface area contributed by atoms with Gasteiger partial charge in [0.25, 0.3) is 15.9 Å². The minimum atomic E-state index is -4.63. The number of pyridine rings is 1. The molecule has 2 aliphatic heterocycles. The second kappa shape index (κ2) is 17.7. The molecule has 17 heteroatoms. The molecule has 2 saturated heterocycles. The zero-order valence-corrected chi connectivity index (χ0v) is 39.2. The highest BCUT2D eigenvalue weighted by molar-refractivity contribution is 7.90. The topological polar surface area (TPSA) is 166 Å². The Kier molecular flexibility index (Phi) is 11.9. The number of aromatic amines is 1. The lowest BCUT2D eigenvalue weighted by Crippen LogP contribution is -2.47. The van der Waals surface area contributed by atoms with Crippen LogP contribution < -0.4 is 14.4 Å². The molecule has 3 N–H and O–H groups in total.